The lowest BCUT2D eigenvalue weighted by molar-refractivity contribution is 0.632. The Morgan fingerprint density at radius 2 is 1.85 bits per heavy atom. The SMILES string of the molecule is CSc1ccccc1C(NN)c1cccc2ccsc12. The van der Waals surface area contributed by atoms with E-state index in [0.717, 1.165) is 0 Å². The van der Waals surface area contributed by atoms with Crippen LogP contribution >= 0.6 is 23.1 Å². The molecule has 3 rings (SSSR count). The normalized spacial score (nSPS) is 12.7. The number of nitrogens with one attached hydrogen (secondary N) is 1. The van der Waals surface area contributed by atoms with Gasteiger partial charge in [0.05, 0.1) is 6.04 Å². The number of fused-ring (bicyclic) bond motifs is 1. The first-order valence-corrected chi connectivity index (χ1v) is 8.50. The Labute approximate surface area is 127 Å². The number of hydrogen-bond donors (Lipinski definition) is 2. The second kappa shape index (κ2) is 5.97. The fraction of sp³-hybridized carbons (Fsp3) is 0.125. The molecule has 0 radical (unpaired) electrons. The van der Waals surface area contributed by atoms with E-state index in [1.54, 1.807) is 23.1 Å². The molecule has 0 aliphatic carbocycles. The molecular formula is C16H16N2S2. The van der Waals surface area contributed by atoms with Crippen molar-refractivity contribution in [3.05, 3.63) is 65.0 Å². The topological polar surface area (TPSA) is 38.0 Å². The molecule has 1 unspecified atom stereocenters. The van der Waals surface area contributed by atoms with Gasteiger partial charge < -0.3 is 0 Å². The van der Waals surface area contributed by atoms with Gasteiger partial charge in [0.15, 0.2) is 0 Å². The highest BCUT2D eigenvalue weighted by Crippen LogP contribution is 2.35. The summed E-state index contributed by atoms with van der Waals surface area (Å²) in [5.41, 5.74) is 5.45. The predicted octanol–water partition coefficient (Wildman–Crippen LogP) is 4.18. The third kappa shape index (κ3) is 2.36. The van der Waals surface area contributed by atoms with Crippen LogP contribution in [0, 0.1) is 0 Å². The zero-order valence-electron chi connectivity index (χ0n) is 11.2. The van der Waals surface area contributed by atoms with Crippen LogP contribution in [0.5, 0.6) is 0 Å². The molecule has 1 heterocycles. The summed E-state index contributed by atoms with van der Waals surface area (Å²) in [7, 11) is 0. The summed E-state index contributed by atoms with van der Waals surface area (Å²) in [6.45, 7) is 0. The van der Waals surface area contributed by atoms with E-state index in [1.807, 2.05) is 0 Å². The van der Waals surface area contributed by atoms with Crippen molar-refractivity contribution in [1.29, 1.82) is 0 Å². The third-order valence-electron chi connectivity index (χ3n) is 3.44. The summed E-state index contributed by atoms with van der Waals surface area (Å²) in [6, 6.07) is 17.0. The molecule has 3 N–H and O–H groups in total. The van der Waals surface area contributed by atoms with Gasteiger partial charge in [0, 0.05) is 9.60 Å². The fourth-order valence-electron chi connectivity index (χ4n) is 2.50. The molecule has 0 saturated carbocycles. The van der Waals surface area contributed by atoms with E-state index in [2.05, 4.69) is 65.6 Å². The molecule has 2 nitrogen and oxygen atoms in total. The summed E-state index contributed by atoms with van der Waals surface area (Å²) < 4.78 is 1.30. The molecule has 0 fully saturated rings. The Morgan fingerprint density at radius 1 is 1.05 bits per heavy atom. The van der Waals surface area contributed by atoms with Crippen LogP contribution in [0.15, 0.2) is 58.8 Å². The lowest BCUT2D eigenvalue weighted by Gasteiger charge is -2.20. The molecule has 3 aromatic rings. The van der Waals surface area contributed by atoms with Crippen molar-refractivity contribution < 1.29 is 0 Å². The maximum Gasteiger partial charge on any atom is 0.0734 e. The molecule has 0 amide bonds. The van der Waals surface area contributed by atoms with Crippen molar-refractivity contribution in [2.24, 2.45) is 5.84 Å². The molecule has 0 spiro atoms. The summed E-state index contributed by atoms with van der Waals surface area (Å²) in [4.78, 5) is 1.25. The van der Waals surface area contributed by atoms with Crippen LogP contribution in [0.25, 0.3) is 10.1 Å². The van der Waals surface area contributed by atoms with E-state index >= 15 is 0 Å². The van der Waals surface area contributed by atoms with Gasteiger partial charge in [0.1, 0.15) is 0 Å². The van der Waals surface area contributed by atoms with Crippen molar-refractivity contribution in [1.82, 2.24) is 5.43 Å². The monoisotopic (exact) mass is 300 g/mol. The molecule has 0 bridgehead atoms. The zero-order valence-corrected chi connectivity index (χ0v) is 12.8. The number of hydrogen-bond acceptors (Lipinski definition) is 4. The maximum absolute atomic E-state index is 5.87. The summed E-state index contributed by atoms with van der Waals surface area (Å²) in [6.07, 6.45) is 2.10. The molecule has 0 aliphatic rings. The van der Waals surface area contributed by atoms with Crippen molar-refractivity contribution in [2.45, 2.75) is 10.9 Å². The van der Waals surface area contributed by atoms with Crippen molar-refractivity contribution >= 4 is 33.2 Å². The second-order valence-corrected chi connectivity index (χ2v) is 6.29. The number of hydrazine groups is 1. The van der Waals surface area contributed by atoms with Crippen molar-refractivity contribution in [2.75, 3.05) is 6.26 Å². The summed E-state index contributed by atoms with van der Waals surface area (Å²) in [5, 5.41) is 3.40. The highest BCUT2D eigenvalue weighted by molar-refractivity contribution is 7.98. The predicted molar refractivity (Wildman–Crippen MR) is 89.2 cm³/mol. The van der Waals surface area contributed by atoms with E-state index in [0.29, 0.717) is 0 Å². The standard InChI is InChI=1S/C16H16N2S2/c1-19-14-8-3-2-6-12(14)15(18-17)13-7-4-5-11-9-10-20-16(11)13/h2-10,15,18H,17H2,1H3. The molecule has 102 valence electrons. The number of benzene rings is 2. The smallest absolute Gasteiger partial charge is 0.0734 e. The van der Waals surface area contributed by atoms with Crippen LogP contribution in [-0.4, -0.2) is 6.26 Å². The van der Waals surface area contributed by atoms with E-state index in [9.17, 15) is 0 Å². The van der Waals surface area contributed by atoms with Crippen LogP contribution in [0.2, 0.25) is 0 Å². The second-order valence-electron chi connectivity index (χ2n) is 4.53. The number of nitrogens with two attached hydrogens (primary N) is 1. The minimum atomic E-state index is 0.0148. The van der Waals surface area contributed by atoms with Gasteiger partial charge in [-0.1, -0.05) is 36.4 Å². The first-order valence-electron chi connectivity index (χ1n) is 6.40. The highest BCUT2D eigenvalue weighted by atomic mass is 32.2. The Kier molecular flexibility index (Phi) is 4.08. The molecule has 0 aliphatic heterocycles. The Balaban J connectivity index is 2.16. The molecule has 1 aromatic heterocycles. The molecule has 0 saturated heterocycles. The molecule has 2 aromatic carbocycles. The molecule has 4 heteroatoms. The lowest BCUT2D eigenvalue weighted by Crippen LogP contribution is -2.29. The van der Waals surface area contributed by atoms with Crippen LogP contribution < -0.4 is 11.3 Å². The molecule has 20 heavy (non-hydrogen) atoms. The summed E-state index contributed by atoms with van der Waals surface area (Å²) in [5.74, 6) is 5.87. The van der Waals surface area contributed by atoms with Gasteiger partial charge in [-0.15, -0.1) is 23.1 Å². The zero-order chi connectivity index (χ0) is 13.9. The first-order chi connectivity index (χ1) is 9.85. The summed E-state index contributed by atoms with van der Waals surface area (Å²) >= 11 is 3.51. The average molecular weight is 300 g/mol. The van der Waals surface area contributed by atoms with E-state index < -0.39 is 0 Å². The maximum atomic E-state index is 5.87. The number of thiophene rings is 1. The minimum Gasteiger partial charge on any atom is -0.271 e. The van der Waals surface area contributed by atoms with Crippen molar-refractivity contribution in [3.63, 3.8) is 0 Å². The minimum absolute atomic E-state index is 0.0148. The molecular weight excluding hydrogens is 284 g/mol. The van der Waals surface area contributed by atoms with E-state index in [4.69, 9.17) is 5.84 Å². The van der Waals surface area contributed by atoms with Gasteiger partial charge in [0.2, 0.25) is 0 Å². The Hall–Kier alpha value is -1.33. The van der Waals surface area contributed by atoms with Crippen LogP contribution in [0.3, 0.4) is 0 Å². The van der Waals surface area contributed by atoms with Gasteiger partial charge in [0.25, 0.3) is 0 Å². The van der Waals surface area contributed by atoms with Gasteiger partial charge in [-0.2, -0.15) is 0 Å². The highest BCUT2D eigenvalue weighted by Gasteiger charge is 2.18. The third-order valence-corrected chi connectivity index (χ3v) is 5.23. The number of thioether (sulfide) groups is 1. The van der Waals surface area contributed by atoms with Crippen LogP contribution in [0.1, 0.15) is 17.2 Å². The van der Waals surface area contributed by atoms with Gasteiger partial charge in [-0.05, 0) is 40.3 Å². The van der Waals surface area contributed by atoms with Crippen LogP contribution in [0.4, 0.5) is 0 Å². The van der Waals surface area contributed by atoms with Gasteiger partial charge in [-0.3, -0.25) is 5.84 Å². The fourth-order valence-corrected chi connectivity index (χ4v) is 4.08. The van der Waals surface area contributed by atoms with Gasteiger partial charge in [-0.25, -0.2) is 5.43 Å². The Morgan fingerprint density at radius 3 is 2.65 bits per heavy atom. The molecule has 1 atom stereocenters. The van der Waals surface area contributed by atoms with Gasteiger partial charge >= 0.3 is 0 Å². The average Bonchev–Trinajstić information content (AvgIpc) is 2.98. The quantitative estimate of drug-likeness (QED) is 0.431. The van der Waals surface area contributed by atoms with Crippen LogP contribution in [-0.2, 0) is 0 Å². The van der Waals surface area contributed by atoms with E-state index in [-0.39, 0.29) is 6.04 Å². The lowest BCUT2D eigenvalue weighted by atomic mass is 9.98. The number of rotatable bonds is 4. The largest absolute Gasteiger partial charge is 0.271 e. The van der Waals surface area contributed by atoms with E-state index in [1.165, 1.54) is 26.1 Å². The van der Waals surface area contributed by atoms with Crippen molar-refractivity contribution in [3.8, 4) is 0 Å². The Bertz CT molecular complexity index is 721. The first kappa shape index (κ1) is 13.6.